The van der Waals surface area contributed by atoms with Crippen LogP contribution >= 0.6 is 0 Å². The van der Waals surface area contributed by atoms with E-state index < -0.39 is 11.9 Å². The van der Waals surface area contributed by atoms with Gasteiger partial charge in [-0.1, -0.05) is 51.1 Å². The number of nitrogens with one attached hydrogen (secondary N) is 1. The van der Waals surface area contributed by atoms with E-state index in [1.807, 2.05) is 48.3 Å². The Morgan fingerprint density at radius 2 is 1.60 bits per heavy atom. The van der Waals surface area contributed by atoms with E-state index in [0.29, 0.717) is 22.2 Å². The van der Waals surface area contributed by atoms with E-state index >= 15 is 0 Å². The first-order chi connectivity index (χ1) is 16.4. The van der Waals surface area contributed by atoms with Crippen LogP contribution in [0.2, 0.25) is 0 Å². The Kier molecular flexibility index (Phi) is 6.80. The van der Waals surface area contributed by atoms with E-state index in [4.69, 9.17) is 0 Å². The zero-order valence-corrected chi connectivity index (χ0v) is 20.6. The minimum absolute atomic E-state index is 0.0282. The molecule has 0 atom stereocenters. The zero-order valence-electron chi connectivity index (χ0n) is 20.6. The van der Waals surface area contributed by atoms with Crippen LogP contribution in [0.15, 0.2) is 54.6 Å². The minimum atomic E-state index is -4.51. The number of halogens is 3. The zero-order chi connectivity index (χ0) is 25.4. The van der Waals surface area contributed by atoms with E-state index in [1.54, 1.807) is 12.1 Å². The summed E-state index contributed by atoms with van der Waals surface area (Å²) in [4.78, 5) is 18.5. The maximum atomic E-state index is 13.5. The highest BCUT2D eigenvalue weighted by Gasteiger charge is 2.34. The van der Waals surface area contributed by atoms with Gasteiger partial charge in [-0.3, -0.25) is 4.79 Å². The summed E-state index contributed by atoms with van der Waals surface area (Å²) in [6.07, 6.45) is -1.40. The minimum Gasteiger partial charge on any atom is -0.371 e. The first-order valence-electron chi connectivity index (χ1n) is 12.0. The molecule has 4 rings (SSSR count). The molecule has 7 heteroatoms. The molecule has 3 aromatic rings. The van der Waals surface area contributed by atoms with Gasteiger partial charge in [-0.05, 0) is 60.9 Å². The third-order valence-electron chi connectivity index (χ3n) is 6.96. The quantitative estimate of drug-likeness (QED) is 0.448. The van der Waals surface area contributed by atoms with Crippen LogP contribution in [0.25, 0.3) is 10.9 Å². The third kappa shape index (κ3) is 5.60. The monoisotopic (exact) mass is 483 g/mol. The average Bonchev–Trinajstić information content (AvgIpc) is 2.82. The van der Waals surface area contributed by atoms with Gasteiger partial charge in [0.1, 0.15) is 5.69 Å². The predicted molar refractivity (Wildman–Crippen MR) is 134 cm³/mol. The molecule has 0 unspecified atom stereocenters. The lowest BCUT2D eigenvalue weighted by molar-refractivity contribution is -0.140. The molecule has 1 aromatic heterocycles. The highest BCUT2D eigenvalue weighted by molar-refractivity contribution is 5.94. The number of rotatable bonds is 4. The second kappa shape index (κ2) is 9.51. The summed E-state index contributed by atoms with van der Waals surface area (Å²) in [5.41, 5.74) is 1.84. The Morgan fingerprint density at radius 1 is 0.971 bits per heavy atom. The second-order valence-electron chi connectivity index (χ2n) is 10.5. The number of fused-ring (bicyclic) bond motifs is 1. The highest BCUT2D eigenvalue weighted by atomic mass is 19.4. The van der Waals surface area contributed by atoms with Crippen LogP contribution in [-0.4, -0.2) is 30.0 Å². The van der Waals surface area contributed by atoms with Gasteiger partial charge in [0.2, 0.25) is 0 Å². The van der Waals surface area contributed by atoms with Crippen molar-refractivity contribution >= 4 is 22.5 Å². The molecule has 1 aliphatic rings. The molecule has 0 saturated heterocycles. The van der Waals surface area contributed by atoms with Gasteiger partial charge in [-0.2, -0.15) is 13.2 Å². The molecule has 0 bridgehead atoms. The number of amides is 1. The number of hydrogen-bond acceptors (Lipinski definition) is 3. The number of aromatic nitrogens is 1. The van der Waals surface area contributed by atoms with Crippen molar-refractivity contribution in [1.29, 1.82) is 0 Å². The number of pyridine rings is 1. The molecule has 1 saturated carbocycles. The van der Waals surface area contributed by atoms with Gasteiger partial charge in [0.25, 0.3) is 5.91 Å². The molecule has 186 valence electrons. The number of hydrogen-bond donors (Lipinski definition) is 1. The molecule has 1 heterocycles. The molecule has 0 aliphatic heterocycles. The van der Waals surface area contributed by atoms with Crippen molar-refractivity contribution in [3.05, 3.63) is 71.4 Å². The molecule has 35 heavy (non-hydrogen) atoms. The van der Waals surface area contributed by atoms with Crippen LogP contribution in [-0.2, 0) is 11.6 Å². The van der Waals surface area contributed by atoms with E-state index in [0.717, 1.165) is 31.7 Å². The first kappa shape index (κ1) is 25.0. The van der Waals surface area contributed by atoms with Gasteiger partial charge < -0.3 is 10.2 Å². The lowest BCUT2D eigenvalue weighted by atomic mass is 9.86. The number of anilines is 1. The molecule has 1 fully saturated rings. The number of carbonyl (C=O) groups is 1. The lowest BCUT2D eigenvalue weighted by Gasteiger charge is -2.37. The standard InChI is InChI=1S/C28H32F3N3O/c1-27(2,3)19-11-9-18(10-12-19)26(35)32-20-13-15-21(16-14-20)34(4)24-17-25(28(29,30)31)33-23-8-6-5-7-22(23)24/h5-12,17,20-21H,13-16H2,1-4H3,(H,32,35). The third-order valence-corrected chi connectivity index (χ3v) is 6.96. The Hall–Kier alpha value is -3.09. The SMILES string of the molecule is CN(c1cc(C(F)(F)F)nc2ccccc12)C1CCC(NC(=O)c2ccc(C(C)(C)C)cc2)CC1. The Labute approximate surface area is 204 Å². The number of alkyl halides is 3. The summed E-state index contributed by atoms with van der Waals surface area (Å²) in [7, 11) is 1.85. The Morgan fingerprint density at radius 3 is 2.20 bits per heavy atom. The summed E-state index contributed by atoms with van der Waals surface area (Å²) >= 11 is 0. The largest absolute Gasteiger partial charge is 0.433 e. The van der Waals surface area contributed by atoms with Gasteiger partial charge >= 0.3 is 6.18 Å². The van der Waals surface area contributed by atoms with E-state index in [9.17, 15) is 18.0 Å². The number of para-hydroxylation sites is 1. The van der Waals surface area contributed by atoms with Crippen LogP contribution in [0.5, 0.6) is 0 Å². The Bertz CT molecular complexity index is 1190. The van der Waals surface area contributed by atoms with Crippen LogP contribution in [0.3, 0.4) is 0 Å². The average molecular weight is 484 g/mol. The summed E-state index contributed by atoms with van der Waals surface area (Å²) in [5, 5.41) is 3.84. The second-order valence-corrected chi connectivity index (χ2v) is 10.5. The van der Waals surface area contributed by atoms with Gasteiger partial charge in [-0.25, -0.2) is 4.98 Å². The fraction of sp³-hybridized carbons (Fsp3) is 0.429. The predicted octanol–water partition coefficient (Wildman–Crippen LogP) is 6.73. The smallest absolute Gasteiger partial charge is 0.371 e. The van der Waals surface area contributed by atoms with Crippen molar-refractivity contribution in [2.75, 3.05) is 11.9 Å². The van der Waals surface area contributed by atoms with Crippen molar-refractivity contribution in [3.63, 3.8) is 0 Å². The molecule has 2 aromatic carbocycles. The van der Waals surface area contributed by atoms with E-state index in [-0.39, 0.29) is 23.4 Å². The van der Waals surface area contributed by atoms with Crippen molar-refractivity contribution in [3.8, 4) is 0 Å². The molecule has 0 spiro atoms. The molecule has 4 nitrogen and oxygen atoms in total. The van der Waals surface area contributed by atoms with Crippen molar-refractivity contribution < 1.29 is 18.0 Å². The van der Waals surface area contributed by atoms with E-state index in [1.165, 1.54) is 5.56 Å². The number of nitrogens with zero attached hydrogens (tertiary/aromatic N) is 2. The van der Waals surface area contributed by atoms with Crippen LogP contribution in [0.4, 0.5) is 18.9 Å². The summed E-state index contributed by atoms with van der Waals surface area (Å²) in [6, 6.07) is 15.9. The van der Waals surface area contributed by atoms with Crippen molar-refractivity contribution in [1.82, 2.24) is 10.3 Å². The molecular weight excluding hydrogens is 451 g/mol. The van der Waals surface area contributed by atoms with Crippen molar-refractivity contribution in [2.45, 2.75) is 70.1 Å². The Balaban J connectivity index is 1.43. The number of benzene rings is 2. The van der Waals surface area contributed by atoms with Crippen LogP contribution < -0.4 is 10.2 Å². The topological polar surface area (TPSA) is 45.2 Å². The van der Waals surface area contributed by atoms with Gasteiger partial charge in [0.15, 0.2) is 0 Å². The first-order valence-corrected chi connectivity index (χ1v) is 12.0. The highest BCUT2D eigenvalue weighted by Crippen LogP contribution is 2.36. The van der Waals surface area contributed by atoms with Gasteiger partial charge in [0, 0.05) is 35.8 Å². The molecular formula is C28H32F3N3O. The number of carbonyl (C=O) groups excluding carboxylic acids is 1. The van der Waals surface area contributed by atoms with Crippen LogP contribution in [0.1, 0.15) is 68.1 Å². The fourth-order valence-corrected chi connectivity index (χ4v) is 4.79. The molecule has 1 N–H and O–H groups in total. The maximum Gasteiger partial charge on any atom is 0.433 e. The van der Waals surface area contributed by atoms with Crippen molar-refractivity contribution in [2.24, 2.45) is 0 Å². The van der Waals surface area contributed by atoms with E-state index in [2.05, 4.69) is 31.1 Å². The summed E-state index contributed by atoms with van der Waals surface area (Å²) in [6.45, 7) is 6.41. The van der Waals surface area contributed by atoms with Crippen LogP contribution in [0, 0.1) is 0 Å². The maximum absolute atomic E-state index is 13.5. The normalized spacial score (nSPS) is 18.9. The summed E-state index contributed by atoms with van der Waals surface area (Å²) < 4.78 is 40.4. The molecule has 0 radical (unpaired) electrons. The summed E-state index contributed by atoms with van der Waals surface area (Å²) in [5.74, 6) is -0.0859. The van der Waals surface area contributed by atoms with Gasteiger partial charge in [0.05, 0.1) is 5.52 Å². The fourth-order valence-electron chi connectivity index (χ4n) is 4.79. The molecule has 1 amide bonds. The molecule has 1 aliphatic carbocycles. The van der Waals surface area contributed by atoms with Gasteiger partial charge in [-0.15, -0.1) is 0 Å². The lowest BCUT2D eigenvalue weighted by Crippen LogP contribution is -2.43.